The number of rotatable bonds is 4. The zero-order valence-corrected chi connectivity index (χ0v) is 11.4. The number of nitrogens with zero attached hydrogens (tertiary/aromatic N) is 4. The van der Waals surface area contributed by atoms with Gasteiger partial charge in [-0.05, 0) is 13.5 Å². The maximum absolute atomic E-state index is 6.38. The second kappa shape index (κ2) is 5.84. The highest BCUT2D eigenvalue weighted by Gasteiger charge is 2.28. The van der Waals surface area contributed by atoms with E-state index in [-0.39, 0.29) is 6.04 Å². The molecule has 1 fully saturated rings. The first-order valence-corrected chi connectivity index (χ1v) is 7.31. The Balaban J connectivity index is 2.11. The summed E-state index contributed by atoms with van der Waals surface area (Å²) in [7, 11) is 2.15. The average Bonchev–Trinajstić information content (AvgIpc) is 2.78. The number of hydrogen-bond donors (Lipinski definition) is 1. The Morgan fingerprint density at radius 2 is 2.47 bits per heavy atom. The predicted octanol–water partition coefficient (Wildman–Crippen LogP) is 0.735. The summed E-state index contributed by atoms with van der Waals surface area (Å²) in [6.07, 6.45) is 2.87. The molecular weight excluding hydrogens is 234 g/mol. The Labute approximate surface area is 107 Å². The predicted molar refractivity (Wildman–Crippen MR) is 71.0 cm³/mol. The third-order valence-corrected chi connectivity index (χ3v) is 4.33. The van der Waals surface area contributed by atoms with Crippen molar-refractivity contribution in [3.8, 4) is 0 Å². The molecule has 0 radical (unpaired) electrons. The highest BCUT2D eigenvalue weighted by Crippen LogP contribution is 2.24. The molecule has 0 spiro atoms. The molecule has 1 aromatic heterocycles. The van der Waals surface area contributed by atoms with Gasteiger partial charge in [-0.3, -0.25) is 4.90 Å². The van der Waals surface area contributed by atoms with Gasteiger partial charge in [-0.2, -0.15) is 11.8 Å². The van der Waals surface area contributed by atoms with Crippen LogP contribution in [-0.2, 0) is 6.54 Å². The van der Waals surface area contributed by atoms with Gasteiger partial charge >= 0.3 is 0 Å². The Bertz CT molecular complexity index is 353. The Hall–Kier alpha value is -0.590. The largest absolute Gasteiger partial charge is 0.321 e. The van der Waals surface area contributed by atoms with Crippen molar-refractivity contribution in [2.45, 2.75) is 32.0 Å². The molecule has 2 atom stereocenters. The third-order valence-electron chi connectivity index (χ3n) is 3.28. The van der Waals surface area contributed by atoms with Crippen molar-refractivity contribution in [3.63, 3.8) is 0 Å². The monoisotopic (exact) mass is 255 g/mol. The van der Waals surface area contributed by atoms with Gasteiger partial charge in [0.05, 0.1) is 17.9 Å². The van der Waals surface area contributed by atoms with Crippen molar-refractivity contribution in [3.05, 3.63) is 11.9 Å². The van der Waals surface area contributed by atoms with Crippen LogP contribution in [0.3, 0.4) is 0 Å². The molecule has 1 saturated heterocycles. The summed E-state index contributed by atoms with van der Waals surface area (Å²) in [4.78, 5) is 2.35. The normalized spacial score (nSPS) is 23.8. The molecule has 2 rings (SSSR count). The molecule has 17 heavy (non-hydrogen) atoms. The summed E-state index contributed by atoms with van der Waals surface area (Å²) in [6.45, 7) is 4.14. The first-order chi connectivity index (χ1) is 8.24. The maximum Gasteiger partial charge on any atom is 0.0770 e. The summed E-state index contributed by atoms with van der Waals surface area (Å²) in [5.74, 6) is 2.29. The second-order valence-corrected chi connectivity index (χ2v) is 5.68. The van der Waals surface area contributed by atoms with Crippen LogP contribution in [0.1, 0.15) is 25.1 Å². The van der Waals surface area contributed by atoms with E-state index in [9.17, 15) is 0 Å². The van der Waals surface area contributed by atoms with E-state index in [4.69, 9.17) is 5.73 Å². The number of aromatic nitrogens is 3. The molecule has 96 valence electrons. The lowest BCUT2D eigenvalue weighted by atomic mass is 10.1. The minimum absolute atomic E-state index is 0.00866. The lowest BCUT2D eigenvalue weighted by Gasteiger charge is -2.35. The minimum Gasteiger partial charge on any atom is -0.321 e. The molecule has 0 bridgehead atoms. The second-order valence-electron chi connectivity index (χ2n) is 4.53. The van der Waals surface area contributed by atoms with Crippen molar-refractivity contribution in [2.75, 3.05) is 25.1 Å². The van der Waals surface area contributed by atoms with E-state index in [1.165, 1.54) is 5.75 Å². The molecule has 0 aromatic carbocycles. The highest BCUT2D eigenvalue weighted by atomic mass is 32.2. The van der Waals surface area contributed by atoms with E-state index in [0.29, 0.717) is 6.04 Å². The Kier molecular flexibility index (Phi) is 4.42. The molecule has 5 nitrogen and oxygen atoms in total. The number of aryl methyl sites for hydroxylation is 1. The molecule has 2 unspecified atom stereocenters. The minimum atomic E-state index is 0.00866. The topological polar surface area (TPSA) is 60.0 Å². The van der Waals surface area contributed by atoms with Gasteiger partial charge in [0.15, 0.2) is 0 Å². The van der Waals surface area contributed by atoms with Gasteiger partial charge in [0.1, 0.15) is 0 Å². The summed E-state index contributed by atoms with van der Waals surface area (Å²) in [5, 5.41) is 8.10. The van der Waals surface area contributed by atoms with Crippen LogP contribution in [0.4, 0.5) is 0 Å². The van der Waals surface area contributed by atoms with Crippen molar-refractivity contribution in [1.29, 1.82) is 0 Å². The number of hydrogen-bond acceptors (Lipinski definition) is 5. The van der Waals surface area contributed by atoms with Crippen molar-refractivity contribution >= 4 is 11.8 Å². The highest BCUT2D eigenvalue weighted by molar-refractivity contribution is 7.99. The van der Waals surface area contributed by atoms with Crippen molar-refractivity contribution in [2.24, 2.45) is 5.73 Å². The lowest BCUT2D eigenvalue weighted by molar-refractivity contribution is 0.232. The molecule has 0 aliphatic carbocycles. The van der Waals surface area contributed by atoms with Crippen molar-refractivity contribution in [1.82, 2.24) is 19.9 Å². The third kappa shape index (κ3) is 2.81. The average molecular weight is 255 g/mol. The van der Waals surface area contributed by atoms with Crippen LogP contribution < -0.4 is 5.73 Å². The fourth-order valence-corrected chi connectivity index (χ4v) is 3.48. The smallest absolute Gasteiger partial charge is 0.0770 e. The molecule has 2 N–H and O–H groups in total. The van der Waals surface area contributed by atoms with E-state index >= 15 is 0 Å². The first kappa shape index (κ1) is 12.9. The van der Waals surface area contributed by atoms with E-state index in [2.05, 4.69) is 29.2 Å². The number of thioether (sulfide) groups is 1. The van der Waals surface area contributed by atoms with Gasteiger partial charge < -0.3 is 5.73 Å². The summed E-state index contributed by atoms with van der Waals surface area (Å²) in [5.41, 5.74) is 7.44. The zero-order chi connectivity index (χ0) is 12.3. The number of nitrogens with two attached hydrogens (primary N) is 1. The van der Waals surface area contributed by atoms with E-state index < -0.39 is 0 Å². The molecule has 0 amide bonds. The molecular formula is C11H21N5S. The van der Waals surface area contributed by atoms with E-state index in [0.717, 1.165) is 31.0 Å². The quantitative estimate of drug-likeness (QED) is 0.859. The van der Waals surface area contributed by atoms with Crippen LogP contribution in [0.5, 0.6) is 0 Å². The summed E-state index contributed by atoms with van der Waals surface area (Å²) >= 11 is 1.98. The Morgan fingerprint density at radius 1 is 1.65 bits per heavy atom. The molecule has 1 aliphatic rings. The molecule has 0 saturated carbocycles. The molecule has 1 aliphatic heterocycles. The van der Waals surface area contributed by atoms with Gasteiger partial charge in [-0.25, -0.2) is 4.68 Å². The van der Waals surface area contributed by atoms with Gasteiger partial charge in [-0.15, -0.1) is 5.10 Å². The standard InChI is InChI=1S/C11H21N5S/c1-3-4-16-9(7-13-14-16)11(12)10-8-17-6-5-15(10)2/h7,10-11H,3-6,8,12H2,1-2H3. The van der Waals surface area contributed by atoms with Crippen LogP contribution in [0.15, 0.2) is 6.20 Å². The first-order valence-electron chi connectivity index (χ1n) is 6.16. The van der Waals surface area contributed by atoms with E-state index in [1.54, 1.807) is 0 Å². The maximum atomic E-state index is 6.38. The fraction of sp³-hybridized carbons (Fsp3) is 0.818. The fourth-order valence-electron chi connectivity index (χ4n) is 2.19. The van der Waals surface area contributed by atoms with Crippen LogP contribution in [0.2, 0.25) is 0 Å². The van der Waals surface area contributed by atoms with Crippen LogP contribution in [0, 0.1) is 0 Å². The van der Waals surface area contributed by atoms with Gasteiger partial charge in [-0.1, -0.05) is 12.1 Å². The van der Waals surface area contributed by atoms with Crippen LogP contribution >= 0.6 is 11.8 Å². The van der Waals surface area contributed by atoms with E-state index in [1.807, 2.05) is 22.6 Å². The zero-order valence-electron chi connectivity index (χ0n) is 10.5. The summed E-state index contributed by atoms with van der Waals surface area (Å²) < 4.78 is 1.94. The van der Waals surface area contributed by atoms with Gasteiger partial charge in [0.25, 0.3) is 0 Å². The van der Waals surface area contributed by atoms with Crippen LogP contribution in [0.25, 0.3) is 0 Å². The van der Waals surface area contributed by atoms with Gasteiger partial charge in [0, 0.05) is 30.6 Å². The lowest BCUT2D eigenvalue weighted by Crippen LogP contribution is -2.46. The SMILES string of the molecule is CCCn1nncc1C(N)C1CSCCN1C. The molecule has 1 aromatic rings. The van der Waals surface area contributed by atoms with Crippen LogP contribution in [-0.4, -0.2) is 51.0 Å². The Morgan fingerprint density at radius 3 is 3.18 bits per heavy atom. The van der Waals surface area contributed by atoms with Crippen molar-refractivity contribution < 1.29 is 0 Å². The molecule has 2 heterocycles. The van der Waals surface area contributed by atoms with Gasteiger partial charge in [0.2, 0.25) is 0 Å². The number of likely N-dealkylation sites (N-methyl/N-ethyl adjacent to an activating group) is 1. The molecule has 6 heteroatoms. The summed E-state index contributed by atoms with van der Waals surface area (Å²) in [6, 6.07) is 0.400.